The summed E-state index contributed by atoms with van der Waals surface area (Å²) < 4.78 is 1.52. The molecule has 0 aliphatic rings. The lowest BCUT2D eigenvalue weighted by Crippen LogP contribution is -2.03. The van der Waals surface area contributed by atoms with Crippen molar-refractivity contribution in [2.75, 3.05) is 5.73 Å². The molecule has 0 radical (unpaired) electrons. The molecule has 1 aromatic carbocycles. The molecule has 15 heavy (non-hydrogen) atoms. The number of benzene rings is 1. The number of nitrogens with zero attached hydrogens (tertiary/aromatic N) is 5. The molecule has 2 N–H and O–H groups in total. The van der Waals surface area contributed by atoms with E-state index >= 15 is 0 Å². The Morgan fingerprint density at radius 3 is 2.80 bits per heavy atom. The Morgan fingerprint density at radius 1 is 1.47 bits per heavy atom. The molecule has 6 nitrogen and oxygen atoms in total. The quantitative estimate of drug-likeness (QED) is 0.673. The fourth-order valence-electron chi connectivity index (χ4n) is 1.27. The lowest BCUT2D eigenvalue weighted by atomic mass is 10.2. The van der Waals surface area contributed by atoms with E-state index in [-0.39, 0.29) is 0 Å². The van der Waals surface area contributed by atoms with Crippen LogP contribution >= 0.6 is 0 Å². The molecule has 0 spiro atoms. The highest BCUT2D eigenvalue weighted by molar-refractivity contribution is 5.60. The van der Waals surface area contributed by atoms with Crippen molar-refractivity contribution in [3.63, 3.8) is 0 Å². The maximum atomic E-state index is 8.69. The SMILES string of the molecule is Cc1nnnn1-c1ccc(C#N)cc1N. The zero-order valence-corrected chi connectivity index (χ0v) is 8.05. The highest BCUT2D eigenvalue weighted by Gasteiger charge is 2.07. The van der Waals surface area contributed by atoms with Gasteiger partial charge in [-0.2, -0.15) is 9.94 Å². The lowest BCUT2D eigenvalue weighted by molar-refractivity contribution is 0.781. The van der Waals surface area contributed by atoms with Gasteiger partial charge in [0.05, 0.1) is 23.0 Å². The van der Waals surface area contributed by atoms with Gasteiger partial charge in [-0.25, -0.2) is 0 Å². The average molecular weight is 200 g/mol. The Labute approximate surface area is 85.9 Å². The van der Waals surface area contributed by atoms with E-state index in [9.17, 15) is 0 Å². The van der Waals surface area contributed by atoms with Gasteiger partial charge in [-0.15, -0.1) is 5.10 Å². The molecular formula is C9H8N6. The number of hydrogen-bond donors (Lipinski definition) is 1. The average Bonchev–Trinajstić information content (AvgIpc) is 2.64. The summed E-state index contributed by atoms with van der Waals surface area (Å²) in [5.74, 6) is 0.645. The van der Waals surface area contributed by atoms with Gasteiger partial charge in [0.25, 0.3) is 0 Å². The van der Waals surface area contributed by atoms with E-state index in [1.807, 2.05) is 6.07 Å². The largest absolute Gasteiger partial charge is 0.397 e. The Balaban J connectivity index is 2.56. The molecule has 0 atom stereocenters. The molecule has 1 aromatic heterocycles. The van der Waals surface area contributed by atoms with Gasteiger partial charge >= 0.3 is 0 Å². The Hall–Kier alpha value is -2.42. The molecule has 0 aliphatic carbocycles. The van der Waals surface area contributed by atoms with Crippen LogP contribution in [0.2, 0.25) is 0 Å². The second-order valence-corrected chi connectivity index (χ2v) is 3.02. The molecule has 0 saturated heterocycles. The number of hydrogen-bond acceptors (Lipinski definition) is 5. The summed E-state index contributed by atoms with van der Waals surface area (Å²) in [5, 5.41) is 19.8. The predicted molar refractivity (Wildman–Crippen MR) is 53.0 cm³/mol. The van der Waals surface area contributed by atoms with Gasteiger partial charge in [-0.1, -0.05) is 0 Å². The van der Waals surface area contributed by atoms with Crippen LogP contribution in [-0.2, 0) is 0 Å². The van der Waals surface area contributed by atoms with Gasteiger partial charge in [-0.05, 0) is 35.5 Å². The number of rotatable bonds is 1. The van der Waals surface area contributed by atoms with Crippen LogP contribution < -0.4 is 5.73 Å². The summed E-state index contributed by atoms with van der Waals surface area (Å²) in [7, 11) is 0. The first kappa shape index (κ1) is 9.15. The van der Waals surface area contributed by atoms with Crippen molar-refractivity contribution in [3.05, 3.63) is 29.6 Å². The summed E-state index contributed by atoms with van der Waals surface area (Å²) in [5.41, 5.74) is 7.46. The predicted octanol–water partition coefficient (Wildman–Crippen LogP) is 0.425. The number of nitrogen functional groups attached to an aromatic ring is 1. The zero-order chi connectivity index (χ0) is 10.8. The monoisotopic (exact) mass is 200 g/mol. The maximum Gasteiger partial charge on any atom is 0.153 e. The van der Waals surface area contributed by atoms with Crippen molar-refractivity contribution in [1.29, 1.82) is 5.26 Å². The first-order valence-electron chi connectivity index (χ1n) is 4.27. The molecule has 0 amide bonds. The van der Waals surface area contributed by atoms with E-state index < -0.39 is 0 Å². The van der Waals surface area contributed by atoms with Crippen LogP contribution in [-0.4, -0.2) is 20.2 Å². The van der Waals surface area contributed by atoms with Crippen LogP contribution in [0, 0.1) is 18.3 Å². The number of nitriles is 1. The molecule has 2 aromatic rings. The Bertz CT molecular complexity index is 536. The molecule has 6 heteroatoms. The van der Waals surface area contributed by atoms with Crippen molar-refractivity contribution in [1.82, 2.24) is 20.2 Å². The van der Waals surface area contributed by atoms with Crippen molar-refractivity contribution in [2.24, 2.45) is 0 Å². The van der Waals surface area contributed by atoms with Crippen molar-refractivity contribution >= 4 is 5.69 Å². The van der Waals surface area contributed by atoms with E-state index in [1.54, 1.807) is 25.1 Å². The molecule has 0 saturated carbocycles. The standard InChI is InChI=1S/C9H8N6/c1-6-12-13-14-15(6)9-3-2-7(5-10)4-8(9)11/h2-4H,11H2,1H3. The van der Waals surface area contributed by atoms with Crippen LogP contribution in [0.4, 0.5) is 5.69 Å². The van der Waals surface area contributed by atoms with Gasteiger partial charge in [0.2, 0.25) is 0 Å². The van der Waals surface area contributed by atoms with Crippen molar-refractivity contribution in [2.45, 2.75) is 6.92 Å². The molecule has 74 valence electrons. The summed E-state index contributed by atoms with van der Waals surface area (Å²) in [6.45, 7) is 1.78. The molecule has 0 aliphatic heterocycles. The Kier molecular flexibility index (Phi) is 2.06. The van der Waals surface area contributed by atoms with Crippen LogP contribution in [0.15, 0.2) is 18.2 Å². The van der Waals surface area contributed by atoms with Crippen molar-refractivity contribution < 1.29 is 0 Å². The summed E-state index contributed by atoms with van der Waals surface area (Å²) >= 11 is 0. The van der Waals surface area contributed by atoms with Gasteiger partial charge < -0.3 is 5.73 Å². The van der Waals surface area contributed by atoms with Crippen molar-refractivity contribution in [3.8, 4) is 11.8 Å². The number of anilines is 1. The van der Waals surface area contributed by atoms with Gasteiger partial charge in [0, 0.05) is 0 Å². The van der Waals surface area contributed by atoms with E-state index in [1.165, 1.54) is 4.68 Å². The fourth-order valence-corrected chi connectivity index (χ4v) is 1.27. The second-order valence-electron chi connectivity index (χ2n) is 3.02. The van der Waals surface area contributed by atoms with Gasteiger partial charge in [0.1, 0.15) is 0 Å². The fraction of sp³-hybridized carbons (Fsp3) is 0.111. The minimum atomic E-state index is 0.476. The molecule has 2 rings (SSSR count). The first-order chi connectivity index (χ1) is 7.22. The van der Waals surface area contributed by atoms with Crippen LogP contribution in [0.25, 0.3) is 5.69 Å². The number of tetrazole rings is 1. The highest BCUT2D eigenvalue weighted by Crippen LogP contribution is 2.18. The normalized spacial score (nSPS) is 9.87. The smallest absolute Gasteiger partial charge is 0.153 e. The minimum Gasteiger partial charge on any atom is -0.397 e. The summed E-state index contributed by atoms with van der Waals surface area (Å²) in [4.78, 5) is 0. The topological polar surface area (TPSA) is 93.4 Å². The van der Waals surface area contributed by atoms with E-state index in [0.717, 1.165) is 0 Å². The summed E-state index contributed by atoms with van der Waals surface area (Å²) in [6, 6.07) is 7.00. The molecule has 1 heterocycles. The lowest BCUT2D eigenvalue weighted by Gasteiger charge is -2.05. The molecule has 0 unspecified atom stereocenters. The van der Waals surface area contributed by atoms with Crippen LogP contribution in [0.5, 0.6) is 0 Å². The molecular weight excluding hydrogens is 192 g/mol. The van der Waals surface area contributed by atoms with Crippen LogP contribution in [0.1, 0.15) is 11.4 Å². The van der Waals surface area contributed by atoms with Crippen LogP contribution in [0.3, 0.4) is 0 Å². The number of aryl methyl sites for hydroxylation is 1. The third-order valence-electron chi connectivity index (χ3n) is 2.01. The van der Waals surface area contributed by atoms with E-state index in [2.05, 4.69) is 15.5 Å². The molecule has 0 fully saturated rings. The van der Waals surface area contributed by atoms with E-state index in [4.69, 9.17) is 11.0 Å². The number of aromatic nitrogens is 4. The minimum absolute atomic E-state index is 0.476. The van der Waals surface area contributed by atoms with E-state index in [0.29, 0.717) is 22.8 Å². The maximum absolute atomic E-state index is 8.69. The zero-order valence-electron chi connectivity index (χ0n) is 8.05. The first-order valence-corrected chi connectivity index (χ1v) is 4.27. The molecule has 0 bridgehead atoms. The third kappa shape index (κ3) is 1.50. The highest BCUT2D eigenvalue weighted by atomic mass is 15.5. The van der Waals surface area contributed by atoms with Gasteiger partial charge in [0.15, 0.2) is 5.82 Å². The number of nitrogens with two attached hydrogens (primary N) is 1. The van der Waals surface area contributed by atoms with Gasteiger partial charge in [-0.3, -0.25) is 0 Å². The Morgan fingerprint density at radius 2 is 2.27 bits per heavy atom. The second kappa shape index (κ2) is 3.38. The summed E-state index contributed by atoms with van der Waals surface area (Å²) in [6.07, 6.45) is 0. The third-order valence-corrected chi connectivity index (χ3v) is 2.01.